The number of hydrogen-bond donors (Lipinski definition) is 2. The van der Waals surface area contributed by atoms with Crippen LogP contribution in [0.2, 0.25) is 0 Å². The van der Waals surface area contributed by atoms with Crippen LogP contribution in [0.15, 0.2) is 24.3 Å². The molecule has 0 saturated carbocycles. The number of hydrogen-bond acceptors (Lipinski definition) is 3. The summed E-state index contributed by atoms with van der Waals surface area (Å²) in [5.41, 5.74) is 6.20. The average Bonchev–Trinajstić information content (AvgIpc) is 2.38. The van der Waals surface area contributed by atoms with E-state index in [1.165, 1.54) is 12.1 Å². The van der Waals surface area contributed by atoms with Crippen LogP contribution in [-0.4, -0.2) is 36.0 Å². The summed E-state index contributed by atoms with van der Waals surface area (Å²) in [6.45, 7) is 5.50. The summed E-state index contributed by atoms with van der Waals surface area (Å²) >= 11 is 0. The maximum Gasteiger partial charge on any atom is 0.240 e. The van der Waals surface area contributed by atoms with Crippen molar-refractivity contribution in [2.75, 3.05) is 19.6 Å². The molecule has 19 heavy (non-hydrogen) atoms. The Hall–Kier alpha value is -1.46. The number of nitrogens with two attached hydrogens (primary N) is 1. The summed E-state index contributed by atoms with van der Waals surface area (Å²) < 4.78 is 13.0. The molecule has 0 bridgehead atoms. The molecule has 3 N–H and O–H groups in total. The van der Waals surface area contributed by atoms with E-state index in [0.717, 1.165) is 12.1 Å². The second kappa shape index (κ2) is 5.27. The monoisotopic (exact) mass is 265 g/mol. The molecular formula is C14H20FN3O. The fourth-order valence-corrected chi connectivity index (χ4v) is 2.59. The van der Waals surface area contributed by atoms with Crippen LogP contribution in [0.4, 0.5) is 4.39 Å². The Morgan fingerprint density at radius 2 is 2.05 bits per heavy atom. The minimum absolute atomic E-state index is 0.000637. The van der Waals surface area contributed by atoms with Crippen molar-refractivity contribution in [1.82, 2.24) is 10.2 Å². The van der Waals surface area contributed by atoms with Crippen molar-refractivity contribution in [1.29, 1.82) is 0 Å². The predicted octanol–water partition coefficient (Wildman–Crippen LogP) is 1.04. The maximum absolute atomic E-state index is 13.0. The van der Waals surface area contributed by atoms with E-state index in [9.17, 15) is 9.18 Å². The Morgan fingerprint density at radius 3 is 2.63 bits per heavy atom. The molecule has 5 heteroatoms. The van der Waals surface area contributed by atoms with E-state index in [0.29, 0.717) is 13.1 Å². The van der Waals surface area contributed by atoms with Gasteiger partial charge in [0.15, 0.2) is 0 Å². The van der Waals surface area contributed by atoms with Crippen molar-refractivity contribution in [3.05, 3.63) is 35.6 Å². The zero-order valence-corrected chi connectivity index (χ0v) is 11.3. The predicted molar refractivity (Wildman–Crippen MR) is 72.0 cm³/mol. The summed E-state index contributed by atoms with van der Waals surface area (Å²) in [5, 5.41) is 2.86. The summed E-state index contributed by atoms with van der Waals surface area (Å²) in [7, 11) is 0. The van der Waals surface area contributed by atoms with Gasteiger partial charge in [-0.15, -0.1) is 0 Å². The second-order valence-electron chi connectivity index (χ2n) is 5.31. The minimum atomic E-state index is -0.614. The average molecular weight is 265 g/mol. The van der Waals surface area contributed by atoms with E-state index in [4.69, 9.17) is 5.73 Å². The van der Waals surface area contributed by atoms with Crippen LogP contribution in [0.25, 0.3) is 0 Å². The molecule has 1 atom stereocenters. The van der Waals surface area contributed by atoms with Crippen LogP contribution in [0, 0.1) is 5.82 Å². The fraction of sp³-hybridized carbons (Fsp3) is 0.500. The van der Waals surface area contributed by atoms with Gasteiger partial charge in [-0.1, -0.05) is 12.1 Å². The lowest BCUT2D eigenvalue weighted by Crippen LogP contribution is -2.63. The SMILES string of the molecule is CC1(C)C(=O)NCCN1C(CN)c1ccc(F)cc1. The van der Waals surface area contributed by atoms with Crippen molar-refractivity contribution in [2.24, 2.45) is 5.73 Å². The van der Waals surface area contributed by atoms with Gasteiger partial charge < -0.3 is 11.1 Å². The molecule has 1 saturated heterocycles. The molecule has 1 aliphatic rings. The van der Waals surface area contributed by atoms with Crippen molar-refractivity contribution in [3.63, 3.8) is 0 Å². The molecule has 4 nitrogen and oxygen atoms in total. The number of benzene rings is 1. The van der Waals surface area contributed by atoms with Crippen molar-refractivity contribution < 1.29 is 9.18 Å². The molecule has 1 aromatic carbocycles. The largest absolute Gasteiger partial charge is 0.353 e. The fourth-order valence-electron chi connectivity index (χ4n) is 2.59. The van der Waals surface area contributed by atoms with E-state index in [1.807, 2.05) is 13.8 Å². The zero-order chi connectivity index (χ0) is 14.0. The summed E-state index contributed by atoms with van der Waals surface area (Å²) in [6, 6.07) is 6.23. The Bertz CT molecular complexity index is 458. The van der Waals surface area contributed by atoms with Gasteiger partial charge >= 0.3 is 0 Å². The molecule has 0 aliphatic carbocycles. The molecule has 0 aromatic heterocycles. The van der Waals surface area contributed by atoms with Gasteiger partial charge in [0.2, 0.25) is 5.91 Å². The first kappa shape index (κ1) is 14.0. The molecule has 1 heterocycles. The molecule has 0 radical (unpaired) electrons. The van der Waals surface area contributed by atoms with Crippen molar-refractivity contribution >= 4 is 5.91 Å². The van der Waals surface area contributed by atoms with Gasteiger partial charge in [-0.3, -0.25) is 9.69 Å². The molecular weight excluding hydrogens is 245 g/mol. The molecule has 1 unspecified atom stereocenters. The first-order valence-electron chi connectivity index (χ1n) is 6.47. The number of nitrogens with zero attached hydrogens (tertiary/aromatic N) is 1. The van der Waals surface area contributed by atoms with Crippen molar-refractivity contribution in [2.45, 2.75) is 25.4 Å². The Morgan fingerprint density at radius 1 is 1.42 bits per heavy atom. The van der Waals surface area contributed by atoms with Crippen molar-refractivity contribution in [3.8, 4) is 0 Å². The van der Waals surface area contributed by atoms with Gasteiger partial charge in [0.1, 0.15) is 5.82 Å². The number of piperazine rings is 1. The first-order chi connectivity index (χ1) is 8.96. The van der Waals surface area contributed by atoms with Gasteiger partial charge in [-0.05, 0) is 31.5 Å². The van der Waals surface area contributed by atoms with Gasteiger partial charge in [-0.2, -0.15) is 0 Å². The number of amides is 1. The normalized spacial score (nSPS) is 20.9. The van der Waals surface area contributed by atoms with Crippen LogP contribution in [-0.2, 0) is 4.79 Å². The Balaban J connectivity index is 2.30. The van der Waals surface area contributed by atoms with Crippen LogP contribution in [0.3, 0.4) is 0 Å². The molecule has 1 amide bonds. The number of carbonyl (C=O) groups excluding carboxylic acids is 1. The highest BCUT2D eigenvalue weighted by molar-refractivity contribution is 5.86. The van der Waals surface area contributed by atoms with E-state index in [2.05, 4.69) is 10.2 Å². The molecule has 1 aliphatic heterocycles. The quantitative estimate of drug-likeness (QED) is 0.858. The van der Waals surface area contributed by atoms with E-state index in [1.54, 1.807) is 12.1 Å². The highest BCUT2D eigenvalue weighted by atomic mass is 19.1. The number of halogens is 1. The molecule has 0 spiro atoms. The van der Waals surface area contributed by atoms with Crippen LogP contribution < -0.4 is 11.1 Å². The van der Waals surface area contributed by atoms with Crippen LogP contribution in [0.5, 0.6) is 0 Å². The van der Waals surface area contributed by atoms with Crippen LogP contribution >= 0.6 is 0 Å². The topological polar surface area (TPSA) is 58.4 Å². The maximum atomic E-state index is 13.0. The minimum Gasteiger partial charge on any atom is -0.353 e. The van der Waals surface area contributed by atoms with Gasteiger partial charge in [-0.25, -0.2) is 4.39 Å². The van der Waals surface area contributed by atoms with Gasteiger partial charge in [0.05, 0.1) is 5.54 Å². The lowest BCUT2D eigenvalue weighted by molar-refractivity contribution is -0.137. The van der Waals surface area contributed by atoms with E-state index < -0.39 is 5.54 Å². The summed E-state index contributed by atoms with van der Waals surface area (Å²) in [6.07, 6.45) is 0. The highest BCUT2D eigenvalue weighted by Gasteiger charge is 2.41. The van der Waals surface area contributed by atoms with E-state index in [-0.39, 0.29) is 17.8 Å². The molecule has 104 valence electrons. The molecule has 1 aromatic rings. The second-order valence-corrected chi connectivity index (χ2v) is 5.31. The number of rotatable bonds is 3. The lowest BCUT2D eigenvalue weighted by Gasteiger charge is -2.45. The van der Waals surface area contributed by atoms with Gasteiger partial charge in [0, 0.05) is 25.7 Å². The Kier molecular flexibility index (Phi) is 3.87. The summed E-state index contributed by atoms with van der Waals surface area (Å²) in [5.74, 6) is -0.269. The first-order valence-corrected chi connectivity index (χ1v) is 6.47. The zero-order valence-electron chi connectivity index (χ0n) is 11.3. The third-order valence-electron chi connectivity index (χ3n) is 3.77. The third-order valence-corrected chi connectivity index (χ3v) is 3.77. The number of nitrogens with one attached hydrogen (secondary N) is 1. The number of carbonyl (C=O) groups is 1. The smallest absolute Gasteiger partial charge is 0.240 e. The summed E-state index contributed by atoms with van der Waals surface area (Å²) in [4.78, 5) is 14.1. The van der Waals surface area contributed by atoms with Gasteiger partial charge in [0.25, 0.3) is 0 Å². The standard InChI is InChI=1S/C14H20FN3O/c1-14(2)13(19)17-7-8-18(14)12(9-16)10-3-5-11(15)6-4-10/h3-6,12H,7-9,16H2,1-2H3,(H,17,19). The van der Waals surface area contributed by atoms with Crippen LogP contribution in [0.1, 0.15) is 25.5 Å². The lowest BCUT2D eigenvalue weighted by atomic mass is 9.93. The highest BCUT2D eigenvalue weighted by Crippen LogP contribution is 2.29. The third kappa shape index (κ3) is 2.62. The molecule has 2 rings (SSSR count). The van der Waals surface area contributed by atoms with E-state index >= 15 is 0 Å². The Labute approximate surface area is 112 Å². The molecule has 1 fully saturated rings.